The maximum atomic E-state index is 14.4. The lowest BCUT2D eigenvalue weighted by atomic mass is 9.94. The van der Waals surface area contributed by atoms with Gasteiger partial charge in [-0.2, -0.15) is 11.3 Å². The molecule has 0 aliphatic heterocycles. The number of aliphatic hydroxyl groups is 1. The third-order valence-electron chi connectivity index (χ3n) is 4.03. The van der Waals surface area contributed by atoms with Crippen molar-refractivity contribution in [1.29, 1.82) is 0 Å². The van der Waals surface area contributed by atoms with Crippen LogP contribution < -0.4 is 0 Å². The number of thiophene rings is 1. The Labute approximate surface area is 156 Å². The van der Waals surface area contributed by atoms with Crippen LogP contribution >= 0.6 is 11.3 Å². The Balaban J connectivity index is 2.22. The maximum Gasteiger partial charge on any atom is 0.174 e. The molecule has 5 heteroatoms. The molecule has 1 atom stereocenters. The van der Waals surface area contributed by atoms with Crippen LogP contribution in [-0.4, -0.2) is 10.3 Å². The average molecular weight is 369 g/mol. The Morgan fingerprint density at radius 2 is 2.15 bits per heavy atom. The summed E-state index contributed by atoms with van der Waals surface area (Å²) in [5.74, 6) is 0.0571. The van der Waals surface area contributed by atoms with Crippen molar-refractivity contribution in [1.82, 2.24) is 5.16 Å². The molecule has 26 heavy (non-hydrogen) atoms. The first-order chi connectivity index (χ1) is 12.7. The highest BCUT2D eigenvalue weighted by Gasteiger charge is 2.28. The van der Waals surface area contributed by atoms with Crippen LogP contribution in [0.3, 0.4) is 0 Å². The molecule has 0 bridgehead atoms. The Hall–Kier alpha value is -2.50. The van der Waals surface area contributed by atoms with Crippen molar-refractivity contribution in [2.45, 2.75) is 26.4 Å². The zero-order valence-electron chi connectivity index (χ0n) is 14.6. The molecule has 3 nitrogen and oxygen atoms in total. The zero-order valence-corrected chi connectivity index (χ0v) is 15.5. The van der Waals surface area contributed by atoms with Crippen molar-refractivity contribution < 1.29 is 14.0 Å². The molecule has 1 unspecified atom stereocenters. The van der Waals surface area contributed by atoms with Gasteiger partial charge in [0.15, 0.2) is 5.76 Å². The zero-order chi connectivity index (χ0) is 18.5. The number of halogens is 1. The molecule has 1 N–H and O–H groups in total. The molecule has 3 aromatic rings. The Morgan fingerprint density at radius 1 is 1.35 bits per heavy atom. The fourth-order valence-corrected chi connectivity index (χ4v) is 3.50. The molecule has 1 aromatic carbocycles. The van der Waals surface area contributed by atoms with E-state index in [4.69, 9.17) is 4.52 Å². The van der Waals surface area contributed by atoms with Crippen LogP contribution in [0.4, 0.5) is 4.39 Å². The summed E-state index contributed by atoms with van der Waals surface area (Å²) in [7, 11) is 0. The van der Waals surface area contributed by atoms with Gasteiger partial charge in [-0.15, -0.1) is 0 Å². The van der Waals surface area contributed by atoms with E-state index >= 15 is 0 Å². The predicted octanol–water partition coefficient (Wildman–Crippen LogP) is 6.16. The molecule has 0 saturated carbocycles. The number of rotatable bonds is 6. The first kappa shape index (κ1) is 18.3. The van der Waals surface area contributed by atoms with E-state index in [0.717, 1.165) is 17.6 Å². The van der Waals surface area contributed by atoms with Gasteiger partial charge in [0.05, 0.1) is 5.56 Å². The minimum atomic E-state index is -0.970. The standard InChI is InChI=1S/C21H20FNO2S/c1-3-7-14(8-4-2)20(24)18-19(16-9-5-6-10-17(16)22)23-25-21(18)15-11-12-26-13-15/h3,5-13,20,24H,4H2,1-2H3. The van der Waals surface area contributed by atoms with Crippen molar-refractivity contribution in [2.75, 3.05) is 0 Å². The lowest BCUT2D eigenvalue weighted by Gasteiger charge is -2.14. The minimum absolute atomic E-state index is 0.308. The number of aromatic nitrogens is 1. The third-order valence-corrected chi connectivity index (χ3v) is 4.71. The monoisotopic (exact) mass is 369 g/mol. The molecule has 0 amide bonds. The fraction of sp³-hybridized carbons (Fsp3) is 0.190. The van der Waals surface area contributed by atoms with Crippen molar-refractivity contribution in [3.8, 4) is 22.6 Å². The first-order valence-electron chi connectivity index (χ1n) is 8.45. The molecule has 3 rings (SSSR count). The van der Waals surface area contributed by atoms with Gasteiger partial charge in [0, 0.05) is 16.5 Å². The van der Waals surface area contributed by atoms with E-state index < -0.39 is 11.9 Å². The van der Waals surface area contributed by atoms with Crippen LogP contribution in [0.5, 0.6) is 0 Å². The summed E-state index contributed by atoms with van der Waals surface area (Å²) in [4.78, 5) is 0. The topological polar surface area (TPSA) is 46.3 Å². The summed E-state index contributed by atoms with van der Waals surface area (Å²) in [5.41, 5.74) is 2.65. The van der Waals surface area contributed by atoms with E-state index in [1.165, 1.54) is 17.4 Å². The maximum absolute atomic E-state index is 14.4. The SMILES string of the molecule is CC=CC(=CCC)C(O)c1c(-c2ccccc2F)noc1-c1ccsc1. The van der Waals surface area contributed by atoms with Gasteiger partial charge < -0.3 is 9.63 Å². The number of nitrogens with zero attached hydrogens (tertiary/aromatic N) is 1. The van der Waals surface area contributed by atoms with Crippen LogP contribution in [0.15, 0.2) is 69.4 Å². The average Bonchev–Trinajstić information content (AvgIpc) is 3.30. The Morgan fingerprint density at radius 3 is 2.81 bits per heavy atom. The molecular formula is C21H20FNO2S. The second-order valence-corrected chi connectivity index (χ2v) is 6.56. The second-order valence-electron chi connectivity index (χ2n) is 5.78. The number of aliphatic hydroxyl groups excluding tert-OH is 1. The van der Waals surface area contributed by atoms with Gasteiger partial charge in [-0.1, -0.05) is 42.4 Å². The molecule has 0 radical (unpaired) electrons. The third kappa shape index (κ3) is 3.54. The summed E-state index contributed by atoms with van der Waals surface area (Å²) in [6.07, 6.45) is 5.46. The molecule has 2 heterocycles. The van der Waals surface area contributed by atoms with Gasteiger partial charge in [0.1, 0.15) is 17.6 Å². The summed E-state index contributed by atoms with van der Waals surface area (Å²) in [6, 6.07) is 8.27. The minimum Gasteiger partial charge on any atom is -0.383 e. The van der Waals surface area contributed by atoms with Crippen molar-refractivity contribution in [3.05, 3.63) is 76.3 Å². The van der Waals surface area contributed by atoms with E-state index in [2.05, 4.69) is 5.16 Å². The largest absolute Gasteiger partial charge is 0.383 e. The van der Waals surface area contributed by atoms with E-state index in [1.54, 1.807) is 18.2 Å². The Kier molecular flexibility index (Phi) is 5.81. The number of hydrogen-bond acceptors (Lipinski definition) is 4. The van der Waals surface area contributed by atoms with Gasteiger partial charge in [-0.3, -0.25) is 0 Å². The first-order valence-corrected chi connectivity index (χ1v) is 9.39. The number of allylic oxidation sites excluding steroid dienone is 2. The van der Waals surface area contributed by atoms with E-state index in [1.807, 2.05) is 48.9 Å². The van der Waals surface area contributed by atoms with Crippen LogP contribution in [0.2, 0.25) is 0 Å². The molecule has 0 saturated heterocycles. The fourth-order valence-electron chi connectivity index (χ4n) is 2.87. The Bertz CT molecular complexity index is 925. The molecule has 0 spiro atoms. The molecular weight excluding hydrogens is 349 g/mol. The van der Waals surface area contributed by atoms with Gasteiger partial charge in [0.25, 0.3) is 0 Å². The summed E-state index contributed by atoms with van der Waals surface area (Å²) < 4.78 is 19.9. The molecule has 0 fully saturated rings. The van der Waals surface area contributed by atoms with Gasteiger partial charge >= 0.3 is 0 Å². The molecule has 0 aliphatic rings. The number of benzene rings is 1. The van der Waals surface area contributed by atoms with Crippen molar-refractivity contribution >= 4 is 11.3 Å². The quantitative estimate of drug-likeness (QED) is 0.530. The van der Waals surface area contributed by atoms with Crippen molar-refractivity contribution in [2.24, 2.45) is 0 Å². The van der Waals surface area contributed by atoms with Gasteiger partial charge in [-0.25, -0.2) is 4.39 Å². The van der Waals surface area contributed by atoms with Crippen molar-refractivity contribution in [3.63, 3.8) is 0 Å². The second kappa shape index (κ2) is 8.25. The van der Waals surface area contributed by atoms with Gasteiger partial charge in [-0.05, 0) is 42.5 Å². The summed E-state index contributed by atoms with van der Waals surface area (Å²) in [5, 5.41) is 19.1. The summed E-state index contributed by atoms with van der Waals surface area (Å²) >= 11 is 1.52. The van der Waals surface area contributed by atoms with Crippen LogP contribution in [0.25, 0.3) is 22.6 Å². The van der Waals surface area contributed by atoms with E-state index in [0.29, 0.717) is 22.6 Å². The smallest absolute Gasteiger partial charge is 0.174 e. The van der Waals surface area contributed by atoms with Crippen LogP contribution in [0.1, 0.15) is 31.9 Å². The highest BCUT2D eigenvalue weighted by Crippen LogP contribution is 2.40. The normalized spacial score (nSPS) is 13.5. The summed E-state index contributed by atoms with van der Waals surface area (Å²) in [6.45, 7) is 3.89. The van der Waals surface area contributed by atoms with Crippen LogP contribution in [0, 0.1) is 5.82 Å². The lowest BCUT2D eigenvalue weighted by Crippen LogP contribution is -2.03. The van der Waals surface area contributed by atoms with E-state index in [9.17, 15) is 9.50 Å². The van der Waals surface area contributed by atoms with Gasteiger partial charge in [0.2, 0.25) is 0 Å². The lowest BCUT2D eigenvalue weighted by molar-refractivity contribution is 0.219. The molecule has 0 aliphatic carbocycles. The van der Waals surface area contributed by atoms with Crippen LogP contribution in [-0.2, 0) is 0 Å². The number of hydrogen-bond donors (Lipinski definition) is 1. The predicted molar refractivity (Wildman–Crippen MR) is 103 cm³/mol. The molecule has 2 aromatic heterocycles. The molecule has 134 valence electrons. The highest BCUT2D eigenvalue weighted by molar-refractivity contribution is 7.08. The van der Waals surface area contributed by atoms with E-state index in [-0.39, 0.29) is 0 Å². The highest BCUT2D eigenvalue weighted by atomic mass is 32.1.